The first-order valence-electron chi connectivity index (χ1n) is 7.02. The van der Waals surface area contributed by atoms with E-state index in [0.29, 0.717) is 0 Å². The van der Waals surface area contributed by atoms with Crippen LogP contribution in [0.4, 0.5) is 0 Å². The third kappa shape index (κ3) is 2.55. The van der Waals surface area contributed by atoms with Crippen molar-refractivity contribution in [1.29, 1.82) is 0 Å². The van der Waals surface area contributed by atoms with E-state index in [1.165, 1.54) is 29.4 Å². The lowest BCUT2D eigenvalue weighted by atomic mass is 9.87. The molecule has 0 bridgehead atoms. The molecule has 0 radical (unpaired) electrons. The van der Waals surface area contributed by atoms with E-state index in [1.807, 2.05) is 0 Å². The Kier molecular flexibility index (Phi) is 3.90. The first-order valence-corrected chi connectivity index (χ1v) is 9.18. The zero-order valence-corrected chi connectivity index (χ0v) is 16.9. The number of rotatable bonds is 0. The second kappa shape index (κ2) is 5.20. The summed E-state index contributed by atoms with van der Waals surface area (Å²) < 4.78 is 9.11. The molecule has 0 aromatic heterocycles. The van der Waals surface area contributed by atoms with E-state index in [0.717, 1.165) is 0 Å². The molecule has 2 aromatic carbocycles. The van der Waals surface area contributed by atoms with E-state index in [1.54, 1.807) is 0 Å². The fourth-order valence-electron chi connectivity index (χ4n) is 3.31. The van der Waals surface area contributed by atoms with Gasteiger partial charge in [-0.1, -0.05) is 24.3 Å². The van der Waals surface area contributed by atoms with Crippen molar-refractivity contribution >= 4 is 45.2 Å². The Balaban J connectivity index is 2.49. The molecule has 0 fully saturated rings. The molecule has 3 rings (SSSR count). The number of halogens is 2. The van der Waals surface area contributed by atoms with Gasteiger partial charge in [0.2, 0.25) is 0 Å². The topological polar surface area (TPSA) is 9.23 Å². The zero-order valence-electron chi connectivity index (χ0n) is 12.6. The summed E-state index contributed by atoms with van der Waals surface area (Å²) >= 11 is 4.89. The van der Waals surface area contributed by atoms with Gasteiger partial charge >= 0.3 is 0 Å². The van der Waals surface area contributed by atoms with Crippen LogP contribution in [0.2, 0.25) is 0 Å². The van der Waals surface area contributed by atoms with Gasteiger partial charge in [-0.2, -0.15) is 0 Å². The molecule has 0 amide bonds. The van der Waals surface area contributed by atoms with Crippen molar-refractivity contribution < 1.29 is 4.74 Å². The molecule has 0 aliphatic carbocycles. The molecule has 0 unspecified atom stereocenters. The highest BCUT2D eigenvalue weighted by atomic mass is 127. The molecule has 21 heavy (non-hydrogen) atoms. The first kappa shape index (κ1) is 15.7. The van der Waals surface area contributed by atoms with Crippen LogP contribution >= 0.6 is 45.2 Å². The molecule has 1 aliphatic heterocycles. The van der Waals surface area contributed by atoms with Crippen molar-refractivity contribution in [2.45, 2.75) is 38.9 Å². The number of ether oxygens (including phenoxy) is 1. The lowest BCUT2D eigenvalue weighted by Gasteiger charge is -2.35. The fraction of sp³-hybridized carbons (Fsp3) is 0.333. The van der Waals surface area contributed by atoms with Crippen LogP contribution in [0.3, 0.4) is 0 Å². The third-order valence-electron chi connectivity index (χ3n) is 4.08. The predicted octanol–water partition coefficient (Wildman–Crippen LogP) is 6.06. The van der Waals surface area contributed by atoms with Crippen molar-refractivity contribution in [2.24, 2.45) is 0 Å². The average Bonchev–Trinajstić information content (AvgIpc) is 2.43. The van der Waals surface area contributed by atoms with Crippen LogP contribution in [0.5, 0.6) is 0 Å². The van der Waals surface area contributed by atoms with Gasteiger partial charge in [-0.3, -0.25) is 0 Å². The van der Waals surface area contributed by atoms with E-state index < -0.39 is 0 Å². The predicted molar refractivity (Wildman–Crippen MR) is 104 cm³/mol. The maximum atomic E-state index is 6.54. The number of hydrogen-bond donors (Lipinski definition) is 0. The molecular weight excluding hydrogens is 486 g/mol. The van der Waals surface area contributed by atoms with Crippen LogP contribution in [0, 0.1) is 7.14 Å². The molecule has 0 atom stereocenters. The van der Waals surface area contributed by atoms with Crippen molar-refractivity contribution in [3.8, 4) is 11.1 Å². The Morgan fingerprint density at radius 3 is 1.48 bits per heavy atom. The van der Waals surface area contributed by atoms with E-state index >= 15 is 0 Å². The number of benzene rings is 2. The Bertz CT molecular complexity index is 656. The van der Waals surface area contributed by atoms with E-state index in [4.69, 9.17) is 4.74 Å². The summed E-state index contributed by atoms with van der Waals surface area (Å²) in [4.78, 5) is 0. The summed E-state index contributed by atoms with van der Waals surface area (Å²) in [5.74, 6) is 0. The molecule has 1 heterocycles. The van der Waals surface area contributed by atoms with E-state index in [2.05, 4.69) is 109 Å². The Morgan fingerprint density at radius 1 is 0.714 bits per heavy atom. The SMILES string of the molecule is CC1(C)OC(C)(C)c2cccc(I)c2-c2c(I)cccc21. The Morgan fingerprint density at radius 2 is 1.10 bits per heavy atom. The van der Waals surface area contributed by atoms with Gasteiger partial charge in [-0.15, -0.1) is 0 Å². The van der Waals surface area contributed by atoms with Crippen LogP contribution < -0.4 is 0 Å². The van der Waals surface area contributed by atoms with Gasteiger partial charge in [0.1, 0.15) is 0 Å². The molecule has 0 N–H and O–H groups in total. The summed E-state index contributed by atoms with van der Waals surface area (Å²) in [6.45, 7) is 8.68. The van der Waals surface area contributed by atoms with Crippen molar-refractivity contribution in [2.75, 3.05) is 0 Å². The van der Waals surface area contributed by atoms with Gasteiger partial charge in [-0.05, 0) is 96.1 Å². The van der Waals surface area contributed by atoms with Gasteiger partial charge in [0, 0.05) is 18.3 Å². The highest BCUT2D eigenvalue weighted by Gasteiger charge is 2.39. The Hall–Kier alpha value is -0.140. The average molecular weight is 504 g/mol. The Labute approximate surface area is 153 Å². The van der Waals surface area contributed by atoms with E-state index in [-0.39, 0.29) is 11.2 Å². The second-order valence-electron chi connectivity index (χ2n) is 6.45. The standard InChI is InChI=1S/C18H18I2O/c1-17(2)11-7-5-9-13(19)15(11)16-12(18(3,4)21-17)8-6-10-14(16)20/h5-10H,1-4H3. The quantitative estimate of drug-likeness (QED) is 0.397. The molecule has 0 saturated heterocycles. The highest BCUT2D eigenvalue weighted by molar-refractivity contribution is 14.1. The normalized spacial score (nSPS) is 18.6. The van der Waals surface area contributed by atoms with Crippen LogP contribution in [0.15, 0.2) is 36.4 Å². The largest absolute Gasteiger partial charge is 0.360 e. The molecular formula is C18H18I2O. The minimum atomic E-state index is -0.317. The maximum absolute atomic E-state index is 6.54. The third-order valence-corrected chi connectivity index (χ3v) is 5.88. The van der Waals surface area contributed by atoms with Crippen LogP contribution in [0.25, 0.3) is 11.1 Å². The van der Waals surface area contributed by atoms with Gasteiger partial charge in [0.25, 0.3) is 0 Å². The summed E-state index contributed by atoms with van der Waals surface area (Å²) in [6.07, 6.45) is 0. The van der Waals surface area contributed by atoms with Crippen LogP contribution in [-0.4, -0.2) is 0 Å². The summed E-state index contributed by atoms with van der Waals surface area (Å²) in [6, 6.07) is 13.0. The summed E-state index contributed by atoms with van der Waals surface area (Å²) in [7, 11) is 0. The number of hydrogen-bond acceptors (Lipinski definition) is 1. The van der Waals surface area contributed by atoms with Gasteiger partial charge < -0.3 is 4.74 Å². The molecule has 0 saturated carbocycles. The maximum Gasteiger partial charge on any atom is 0.0893 e. The van der Waals surface area contributed by atoms with Gasteiger partial charge in [0.15, 0.2) is 0 Å². The van der Waals surface area contributed by atoms with Crippen LogP contribution in [-0.2, 0) is 15.9 Å². The minimum absolute atomic E-state index is 0.317. The molecule has 3 heteroatoms. The first-order chi connectivity index (χ1) is 9.74. The number of fused-ring (bicyclic) bond motifs is 3. The second-order valence-corrected chi connectivity index (χ2v) is 8.77. The zero-order chi connectivity index (χ0) is 15.4. The highest BCUT2D eigenvalue weighted by Crippen LogP contribution is 2.49. The molecule has 1 aliphatic rings. The lowest BCUT2D eigenvalue weighted by Crippen LogP contribution is -2.32. The van der Waals surface area contributed by atoms with E-state index in [9.17, 15) is 0 Å². The lowest BCUT2D eigenvalue weighted by molar-refractivity contribution is -0.130. The van der Waals surface area contributed by atoms with Gasteiger partial charge in [0.05, 0.1) is 11.2 Å². The fourth-order valence-corrected chi connectivity index (χ4v) is 4.84. The minimum Gasteiger partial charge on any atom is -0.360 e. The molecule has 110 valence electrons. The molecule has 0 spiro atoms. The summed E-state index contributed by atoms with van der Waals surface area (Å²) in [5.41, 5.74) is 4.56. The molecule has 2 aromatic rings. The summed E-state index contributed by atoms with van der Waals surface area (Å²) in [5, 5.41) is 0. The van der Waals surface area contributed by atoms with Gasteiger partial charge in [-0.25, -0.2) is 0 Å². The smallest absolute Gasteiger partial charge is 0.0893 e. The van der Waals surface area contributed by atoms with Crippen molar-refractivity contribution in [1.82, 2.24) is 0 Å². The molecule has 1 nitrogen and oxygen atoms in total. The van der Waals surface area contributed by atoms with Crippen molar-refractivity contribution in [3.05, 3.63) is 54.7 Å². The van der Waals surface area contributed by atoms with Crippen LogP contribution in [0.1, 0.15) is 38.8 Å². The monoisotopic (exact) mass is 504 g/mol. The van der Waals surface area contributed by atoms with Crippen molar-refractivity contribution in [3.63, 3.8) is 0 Å².